The molecule has 1 aromatic heterocycles. The van der Waals surface area contributed by atoms with Crippen molar-refractivity contribution in [1.29, 1.82) is 0 Å². The molecule has 2 aromatic rings. The number of hydrogen-bond acceptors (Lipinski definition) is 5. The van der Waals surface area contributed by atoms with Gasteiger partial charge in [-0.1, -0.05) is 17.7 Å². The number of ether oxygens (including phenoxy) is 1. The summed E-state index contributed by atoms with van der Waals surface area (Å²) in [6, 6.07) is 5.66. The lowest BCUT2D eigenvalue weighted by Gasteiger charge is -2.17. The van der Waals surface area contributed by atoms with Gasteiger partial charge in [-0.3, -0.25) is 5.84 Å². The zero-order valence-electron chi connectivity index (χ0n) is 9.77. The Hall–Kier alpha value is -1.92. The molecule has 0 fully saturated rings. The van der Waals surface area contributed by atoms with Crippen LogP contribution in [-0.4, -0.2) is 22.5 Å². The molecule has 6 nitrogen and oxygen atoms in total. The van der Waals surface area contributed by atoms with Crippen molar-refractivity contribution in [2.45, 2.75) is 13.0 Å². The summed E-state index contributed by atoms with van der Waals surface area (Å²) in [6.07, 6.45) is 1.63. The first-order valence-electron chi connectivity index (χ1n) is 5.22. The highest BCUT2D eigenvalue weighted by Gasteiger charge is 2.19. The highest BCUT2D eigenvalue weighted by molar-refractivity contribution is 5.41. The summed E-state index contributed by atoms with van der Waals surface area (Å²) < 4.78 is 5.33. The Morgan fingerprint density at radius 2 is 2.29 bits per heavy atom. The molecule has 0 radical (unpaired) electrons. The molecule has 1 aromatic carbocycles. The smallest absolute Gasteiger partial charge is 0.124 e. The molecule has 1 heterocycles. The van der Waals surface area contributed by atoms with E-state index in [4.69, 9.17) is 10.6 Å². The Balaban J connectivity index is 2.46. The Kier molecular flexibility index (Phi) is 3.36. The van der Waals surface area contributed by atoms with Gasteiger partial charge in [0.25, 0.3) is 0 Å². The van der Waals surface area contributed by atoms with E-state index in [2.05, 4.69) is 20.8 Å². The minimum Gasteiger partial charge on any atom is -0.496 e. The second kappa shape index (κ2) is 4.94. The van der Waals surface area contributed by atoms with Crippen molar-refractivity contribution in [1.82, 2.24) is 20.8 Å². The third kappa shape index (κ3) is 2.27. The van der Waals surface area contributed by atoms with E-state index in [-0.39, 0.29) is 6.04 Å². The van der Waals surface area contributed by atoms with E-state index >= 15 is 0 Å². The SMILES string of the molecule is COc1ccc(C)cc1C(NN)c1cn[nH]n1. The summed E-state index contributed by atoms with van der Waals surface area (Å²) in [7, 11) is 1.63. The van der Waals surface area contributed by atoms with Gasteiger partial charge < -0.3 is 4.74 Å². The number of rotatable bonds is 4. The van der Waals surface area contributed by atoms with Crippen LogP contribution in [0, 0.1) is 6.92 Å². The van der Waals surface area contributed by atoms with E-state index in [0.29, 0.717) is 0 Å². The van der Waals surface area contributed by atoms with Gasteiger partial charge in [0, 0.05) is 5.56 Å². The summed E-state index contributed by atoms with van der Waals surface area (Å²) in [5.41, 5.74) is 5.50. The predicted molar refractivity (Wildman–Crippen MR) is 63.3 cm³/mol. The Morgan fingerprint density at radius 3 is 2.88 bits per heavy atom. The van der Waals surface area contributed by atoms with Crippen LogP contribution >= 0.6 is 0 Å². The van der Waals surface area contributed by atoms with Crippen LogP contribution < -0.4 is 16.0 Å². The molecule has 1 atom stereocenters. The fourth-order valence-corrected chi connectivity index (χ4v) is 1.76. The number of H-pyrrole nitrogens is 1. The molecule has 4 N–H and O–H groups in total. The third-order valence-electron chi connectivity index (χ3n) is 2.59. The number of nitrogens with zero attached hydrogens (tertiary/aromatic N) is 2. The zero-order chi connectivity index (χ0) is 12.3. The quantitative estimate of drug-likeness (QED) is 0.533. The molecule has 0 saturated heterocycles. The van der Waals surface area contributed by atoms with Gasteiger partial charge in [0.05, 0.1) is 19.3 Å². The molecule has 0 bridgehead atoms. The minimum absolute atomic E-state index is 0.247. The zero-order valence-corrected chi connectivity index (χ0v) is 9.77. The number of benzene rings is 1. The molecule has 90 valence electrons. The van der Waals surface area contributed by atoms with Gasteiger partial charge in [-0.15, -0.1) is 0 Å². The van der Waals surface area contributed by atoms with Gasteiger partial charge in [0.1, 0.15) is 11.4 Å². The molecule has 0 spiro atoms. The van der Waals surface area contributed by atoms with Crippen molar-refractivity contribution in [2.75, 3.05) is 7.11 Å². The van der Waals surface area contributed by atoms with Gasteiger partial charge >= 0.3 is 0 Å². The van der Waals surface area contributed by atoms with Crippen LogP contribution in [0.1, 0.15) is 22.9 Å². The Bertz CT molecular complexity index is 483. The molecule has 17 heavy (non-hydrogen) atoms. The molecule has 0 amide bonds. The van der Waals surface area contributed by atoms with Crippen LogP contribution in [0.3, 0.4) is 0 Å². The van der Waals surface area contributed by atoms with E-state index in [1.807, 2.05) is 25.1 Å². The average molecular weight is 233 g/mol. The third-order valence-corrected chi connectivity index (χ3v) is 2.59. The first kappa shape index (κ1) is 11.6. The molecule has 0 aliphatic heterocycles. The van der Waals surface area contributed by atoms with E-state index < -0.39 is 0 Å². The van der Waals surface area contributed by atoms with Gasteiger partial charge in [-0.2, -0.15) is 15.4 Å². The lowest BCUT2D eigenvalue weighted by molar-refractivity contribution is 0.403. The van der Waals surface area contributed by atoms with Crippen molar-refractivity contribution in [2.24, 2.45) is 5.84 Å². The average Bonchev–Trinajstić information content (AvgIpc) is 2.84. The number of nitrogens with one attached hydrogen (secondary N) is 2. The predicted octanol–water partition coefficient (Wildman–Crippen LogP) is 0.674. The van der Waals surface area contributed by atoms with Gasteiger partial charge in [0.15, 0.2) is 0 Å². The van der Waals surface area contributed by atoms with E-state index in [1.54, 1.807) is 13.3 Å². The molecule has 6 heteroatoms. The Labute approximate surface area is 99.1 Å². The van der Waals surface area contributed by atoms with Crippen LogP contribution in [0.2, 0.25) is 0 Å². The fraction of sp³-hybridized carbons (Fsp3) is 0.273. The maximum atomic E-state index is 5.58. The molecule has 0 saturated carbocycles. The van der Waals surface area contributed by atoms with Crippen LogP contribution in [0.4, 0.5) is 0 Å². The van der Waals surface area contributed by atoms with Crippen molar-refractivity contribution >= 4 is 0 Å². The number of aryl methyl sites for hydroxylation is 1. The summed E-state index contributed by atoms with van der Waals surface area (Å²) in [5, 5.41) is 10.4. The largest absolute Gasteiger partial charge is 0.496 e. The van der Waals surface area contributed by atoms with Gasteiger partial charge in [0.2, 0.25) is 0 Å². The van der Waals surface area contributed by atoms with Crippen LogP contribution in [0.5, 0.6) is 5.75 Å². The molecule has 1 unspecified atom stereocenters. The second-order valence-electron chi connectivity index (χ2n) is 3.74. The minimum atomic E-state index is -0.247. The maximum absolute atomic E-state index is 5.58. The van der Waals surface area contributed by atoms with Crippen molar-refractivity contribution in [3.05, 3.63) is 41.2 Å². The molecular formula is C11H15N5O. The molecular weight excluding hydrogens is 218 g/mol. The van der Waals surface area contributed by atoms with E-state index in [1.165, 1.54) is 0 Å². The molecule has 0 aliphatic rings. The maximum Gasteiger partial charge on any atom is 0.124 e. The number of aromatic amines is 1. The first-order valence-corrected chi connectivity index (χ1v) is 5.22. The summed E-state index contributed by atoms with van der Waals surface area (Å²) in [5.74, 6) is 6.35. The summed E-state index contributed by atoms with van der Waals surface area (Å²) in [4.78, 5) is 0. The standard InChI is InChI=1S/C11H15N5O/c1-7-3-4-10(17-2)8(5-7)11(14-12)9-6-13-16-15-9/h3-6,11,14H,12H2,1-2H3,(H,13,15,16). The second-order valence-corrected chi connectivity index (χ2v) is 3.74. The lowest BCUT2D eigenvalue weighted by atomic mass is 10.0. The fourth-order valence-electron chi connectivity index (χ4n) is 1.76. The number of hydrazine groups is 1. The molecule has 0 aliphatic carbocycles. The van der Waals surface area contributed by atoms with Crippen LogP contribution in [0.15, 0.2) is 24.4 Å². The number of methoxy groups -OCH3 is 1. The monoisotopic (exact) mass is 233 g/mol. The number of aromatic nitrogens is 3. The van der Waals surface area contributed by atoms with Crippen molar-refractivity contribution in [3.8, 4) is 5.75 Å². The number of hydrogen-bond donors (Lipinski definition) is 3. The highest BCUT2D eigenvalue weighted by atomic mass is 16.5. The summed E-state index contributed by atoms with van der Waals surface area (Å²) in [6.45, 7) is 2.01. The van der Waals surface area contributed by atoms with E-state index in [9.17, 15) is 0 Å². The van der Waals surface area contributed by atoms with Gasteiger partial charge in [-0.25, -0.2) is 5.43 Å². The summed E-state index contributed by atoms with van der Waals surface area (Å²) >= 11 is 0. The number of nitrogens with two attached hydrogens (primary N) is 1. The van der Waals surface area contributed by atoms with Crippen molar-refractivity contribution < 1.29 is 4.74 Å². The van der Waals surface area contributed by atoms with Crippen LogP contribution in [-0.2, 0) is 0 Å². The van der Waals surface area contributed by atoms with Crippen LogP contribution in [0.25, 0.3) is 0 Å². The normalized spacial score (nSPS) is 12.4. The first-order chi connectivity index (χ1) is 8.26. The highest BCUT2D eigenvalue weighted by Crippen LogP contribution is 2.29. The molecule has 2 rings (SSSR count). The van der Waals surface area contributed by atoms with Crippen molar-refractivity contribution in [3.63, 3.8) is 0 Å². The van der Waals surface area contributed by atoms with Gasteiger partial charge in [-0.05, 0) is 13.0 Å². The lowest BCUT2D eigenvalue weighted by Crippen LogP contribution is -2.29. The topological polar surface area (TPSA) is 88.9 Å². The van der Waals surface area contributed by atoms with E-state index in [0.717, 1.165) is 22.6 Å². The Morgan fingerprint density at radius 1 is 1.47 bits per heavy atom.